The molecule has 1 aliphatic heterocycles. The van der Waals surface area contributed by atoms with E-state index in [9.17, 15) is 0 Å². The molecule has 1 N–H and O–H groups in total. The highest BCUT2D eigenvalue weighted by Gasteiger charge is 2.27. The molecule has 0 radical (unpaired) electrons. The zero-order chi connectivity index (χ0) is 13.0. The van der Waals surface area contributed by atoms with E-state index in [1.807, 2.05) is 7.05 Å². The van der Waals surface area contributed by atoms with Gasteiger partial charge in [0.15, 0.2) is 5.82 Å². The van der Waals surface area contributed by atoms with Gasteiger partial charge in [-0.15, -0.1) is 10.2 Å². The molecule has 0 spiro atoms. The summed E-state index contributed by atoms with van der Waals surface area (Å²) < 4.78 is 5.86. The highest BCUT2D eigenvalue weighted by molar-refractivity contribution is 4.90. The van der Waals surface area contributed by atoms with Gasteiger partial charge in [0.1, 0.15) is 0 Å². The van der Waals surface area contributed by atoms with Gasteiger partial charge in [0.05, 0.1) is 19.8 Å². The summed E-state index contributed by atoms with van der Waals surface area (Å²) >= 11 is 0. The van der Waals surface area contributed by atoms with Crippen molar-refractivity contribution in [2.45, 2.75) is 25.5 Å². The number of aromatic nitrogens is 4. The standard InChI is InChI=1S/C11H22N6O/c1-4-17-5-6-18-10(8-17)9(12-2)7-11-13-15-16(3)14-11/h9-10,12H,4-8H2,1-3H3. The number of hydrogen-bond donors (Lipinski definition) is 1. The van der Waals surface area contributed by atoms with Crippen molar-refractivity contribution in [1.82, 2.24) is 30.4 Å². The van der Waals surface area contributed by atoms with Gasteiger partial charge < -0.3 is 10.1 Å². The molecule has 0 aliphatic carbocycles. The van der Waals surface area contributed by atoms with Crippen LogP contribution >= 0.6 is 0 Å². The Kier molecular flexibility index (Phi) is 4.62. The lowest BCUT2D eigenvalue weighted by molar-refractivity contribution is -0.0438. The Bertz CT molecular complexity index is 368. The summed E-state index contributed by atoms with van der Waals surface area (Å²) in [6, 6.07) is 0.226. The number of nitrogens with one attached hydrogen (secondary N) is 1. The normalized spacial score (nSPS) is 23.2. The maximum atomic E-state index is 5.86. The highest BCUT2D eigenvalue weighted by Crippen LogP contribution is 2.11. The van der Waals surface area contributed by atoms with Crippen LogP contribution in [0.25, 0.3) is 0 Å². The number of tetrazole rings is 1. The second kappa shape index (κ2) is 6.21. The maximum Gasteiger partial charge on any atom is 0.176 e. The number of nitrogens with zero attached hydrogens (tertiary/aromatic N) is 5. The van der Waals surface area contributed by atoms with Crippen molar-refractivity contribution in [1.29, 1.82) is 0 Å². The van der Waals surface area contributed by atoms with Crippen LogP contribution in [0.15, 0.2) is 0 Å². The number of likely N-dealkylation sites (N-methyl/N-ethyl adjacent to an activating group) is 2. The fourth-order valence-electron chi connectivity index (χ4n) is 2.28. The van der Waals surface area contributed by atoms with E-state index in [2.05, 4.69) is 32.6 Å². The van der Waals surface area contributed by atoms with Crippen LogP contribution in [-0.2, 0) is 18.2 Å². The first-order chi connectivity index (χ1) is 8.72. The fraction of sp³-hybridized carbons (Fsp3) is 0.909. The predicted octanol–water partition coefficient (Wildman–Crippen LogP) is -0.939. The average molecular weight is 254 g/mol. The largest absolute Gasteiger partial charge is 0.374 e. The minimum Gasteiger partial charge on any atom is -0.374 e. The van der Waals surface area contributed by atoms with Crippen molar-refractivity contribution in [2.75, 3.05) is 33.3 Å². The van der Waals surface area contributed by atoms with Crippen LogP contribution in [0.2, 0.25) is 0 Å². The van der Waals surface area contributed by atoms with Gasteiger partial charge in [-0.05, 0) is 18.8 Å². The number of ether oxygens (including phenoxy) is 1. The van der Waals surface area contributed by atoms with Gasteiger partial charge in [-0.25, -0.2) is 0 Å². The molecule has 2 atom stereocenters. The van der Waals surface area contributed by atoms with Gasteiger partial charge in [-0.2, -0.15) is 4.80 Å². The van der Waals surface area contributed by atoms with Crippen molar-refractivity contribution < 1.29 is 4.74 Å². The number of rotatable bonds is 5. The minimum absolute atomic E-state index is 0.188. The molecule has 1 aliphatic rings. The molecule has 0 saturated carbocycles. The van der Waals surface area contributed by atoms with Crippen molar-refractivity contribution in [3.05, 3.63) is 5.82 Å². The third kappa shape index (κ3) is 3.24. The molecule has 0 aromatic carbocycles. The van der Waals surface area contributed by atoms with Crippen LogP contribution in [0.3, 0.4) is 0 Å². The van der Waals surface area contributed by atoms with Crippen molar-refractivity contribution >= 4 is 0 Å². The first-order valence-electron chi connectivity index (χ1n) is 6.47. The number of morpholine rings is 1. The van der Waals surface area contributed by atoms with E-state index in [0.29, 0.717) is 0 Å². The van der Waals surface area contributed by atoms with Gasteiger partial charge in [0.2, 0.25) is 0 Å². The fourth-order valence-corrected chi connectivity index (χ4v) is 2.28. The third-order valence-electron chi connectivity index (χ3n) is 3.40. The molecule has 1 aromatic rings. The van der Waals surface area contributed by atoms with E-state index in [1.54, 1.807) is 7.05 Å². The lowest BCUT2D eigenvalue weighted by Crippen LogP contribution is -2.52. The molecular formula is C11H22N6O. The van der Waals surface area contributed by atoms with E-state index in [1.165, 1.54) is 4.80 Å². The summed E-state index contributed by atoms with van der Waals surface area (Å²) in [4.78, 5) is 3.89. The van der Waals surface area contributed by atoms with Crippen LogP contribution in [0, 0.1) is 0 Å². The third-order valence-corrected chi connectivity index (χ3v) is 3.40. The second-order valence-corrected chi connectivity index (χ2v) is 4.60. The monoisotopic (exact) mass is 254 g/mol. The number of aryl methyl sites for hydroxylation is 1. The Morgan fingerprint density at radius 2 is 2.39 bits per heavy atom. The molecule has 2 heterocycles. The maximum absolute atomic E-state index is 5.86. The summed E-state index contributed by atoms with van der Waals surface area (Å²) in [6.07, 6.45) is 0.930. The van der Waals surface area contributed by atoms with Crippen LogP contribution < -0.4 is 5.32 Å². The molecule has 1 aromatic heterocycles. The summed E-state index contributed by atoms with van der Waals surface area (Å²) in [5.74, 6) is 0.758. The molecule has 1 saturated heterocycles. The molecule has 2 unspecified atom stereocenters. The second-order valence-electron chi connectivity index (χ2n) is 4.60. The lowest BCUT2D eigenvalue weighted by atomic mass is 10.1. The van der Waals surface area contributed by atoms with Gasteiger partial charge in [0, 0.05) is 25.6 Å². The Labute approximate surface area is 107 Å². The van der Waals surface area contributed by atoms with Crippen LogP contribution in [-0.4, -0.2) is 70.5 Å². The molecule has 18 heavy (non-hydrogen) atoms. The minimum atomic E-state index is 0.188. The smallest absolute Gasteiger partial charge is 0.176 e. The van der Waals surface area contributed by atoms with Crippen LogP contribution in [0.1, 0.15) is 12.7 Å². The zero-order valence-corrected chi connectivity index (χ0v) is 11.3. The van der Waals surface area contributed by atoms with Crippen LogP contribution in [0.4, 0.5) is 0 Å². The lowest BCUT2D eigenvalue weighted by Gasteiger charge is -2.36. The molecule has 7 nitrogen and oxygen atoms in total. The van der Waals surface area contributed by atoms with Crippen LogP contribution in [0.5, 0.6) is 0 Å². The van der Waals surface area contributed by atoms with E-state index >= 15 is 0 Å². The summed E-state index contributed by atoms with van der Waals surface area (Å²) in [5.41, 5.74) is 0. The SMILES string of the molecule is CCN1CCOC(C(Cc2nnn(C)n2)NC)C1. The Morgan fingerprint density at radius 3 is 3.00 bits per heavy atom. The Balaban J connectivity index is 1.95. The molecule has 2 rings (SSSR count). The highest BCUT2D eigenvalue weighted by atomic mass is 16.5. The topological polar surface area (TPSA) is 68.1 Å². The molecule has 0 bridgehead atoms. The Hall–Kier alpha value is -1.05. The van der Waals surface area contributed by atoms with Gasteiger partial charge >= 0.3 is 0 Å². The first kappa shape index (κ1) is 13.4. The van der Waals surface area contributed by atoms with Gasteiger partial charge in [-0.1, -0.05) is 6.92 Å². The Morgan fingerprint density at radius 1 is 1.56 bits per heavy atom. The number of hydrogen-bond acceptors (Lipinski definition) is 6. The summed E-state index contributed by atoms with van der Waals surface area (Å²) in [6.45, 7) is 6.03. The van der Waals surface area contributed by atoms with E-state index in [4.69, 9.17) is 4.74 Å². The van der Waals surface area contributed by atoms with E-state index < -0.39 is 0 Å². The van der Waals surface area contributed by atoms with Gasteiger partial charge in [0.25, 0.3) is 0 Å². The molecule has 1 fully saturated rings. The summed E-state index contributed by atoms with van der Waals surface area (Å²) in [7, 11) is 3.73. The molecule has 0 amide bonds. The van der Waals surface area contributed by atoms with Crippen molar-refractivity contribution in [3.63, 3.8) is 0 Å². The van der Waals surface area contributed by atoms with E-state index in [-0.39, 0.29) is 12.1 Å². The zero-order valence-electron chi connectivity index (χ0n) is 11.3. The summed E-state index contributed by atoms with van der Waals surface area (Å²) in [5, 5.41) is 15.4. The molecule has 7 heteroatoms. The predicted molar refractivity (Wildman–Crippen MR) is 67.2 cm³/mol. The van der Waals surface area contributed by atoms with Gasteiger partial charge in [-0.3, -0.25) is 4.90 Å². The average Bonchev–Trinajstić information content (AvgIpc) is 2.81. The quantitative estimate of drug-likeness (QED) is 0.731. The molecule has 102 valence electrons. The van der Waals surface area contributed by atoms with Crippen molar-refractivity contribution in [2.24, 2.45) is 7.05 Å². The van der Waals surface area contributed by atoms with Crippen molar-refractivity contribution in [3.8, 4) is 0 Å². The molecular weight excluding hydrogens is 232 g/mol. The first-order valence-corrected chi connectivity index (χ1v) is 6.47. The van der Waals surface area contributed by atoms with E-state index in [0.717, 1.165) is 38.5 Å².